The van der Waals surface area contributed by atoms with Crippen LogP contribution >= 0.6 is 11.6 Å². The van der Waals surface area contributed by atoms with Gasteiger partial charge in [-0.1, -0.05) is 37.8 Å². The summed E-state index contributed by atoms with van der Waals surface area (Å²) in [6.45, 7) is 2.05. The van der Waals surface area contributed by atoms with E-state index in [1.807, 2.05) is 6.92 Å². The van der Waals surface area contributed by atoms with Crippen LogP contribution in [0.1, 0.15) is 43.0 Å². The van der Waals surface area contributed by atoms with E-state index in [-0.39, 0.29) is 21.2 Å². The van der Waals surface area contributed by atoms with Crippen LogP contribution in [0.2, 0.25) is 5.02 Å². The Morgan fingerprint density at radius 3 is 2.53 bits per heavy atom. The Morgan fingerprint density at radius 1 is 1.26 bits per heavy atom. The topological polar surface area (TPSA) is 71.4 Å². The van der Waals surface area contributed by atoms with Gasteiger partial charge in [-0.15, -0.1) is 0 Å². The largest absolute Gasteiger partial charge is 0.478 e. The van der Waals surface area contributed by atoms with Crippen molar-refractivity contribution in [1.29, 1.82) is 0 Å². The summed E-state index contributed by atoms with van der Waals surface area (Å²) >= 11 is 5.71. The molecule has 0 radical (unpaired) electrons. The van der Waals surface area contributed by atoms with Crippen LogP contribution in [0, 0.1) is 0 Å². The van der Waals surface area contributed by atoms with Crippen molar-refractivity contribution in [1.82, 2.24) is 0 Å². The highest BCUT2D eigenvalue weighted by Gasteiger charge is 2.18. The van der Waals surface area contributed by atoms with Crippen LogP contribution in [0.5, 0.6) is 0 Å². The summed E-state index contributed by atoms with van der Waals surface area (Å²) < 4.78 is 24.1. The molecular weight excluding hydrogens is 288 g/mol. The average molecular weight is 305 g/mol. The van der Waals surface area contributed by atoms with E-state index in [1.165, 1.54) is 12.1 Å². The SMILES string of the molecule is CCCCCCS(=O)(=O)c1ccc(Cl)c(C(=O)O)c1. The summed E-state index contributed by atoms with van der Waals surface area (Å²) in [6.07, 6.45) is 3.47. The first-order chi connectivity index (χ1) is 8.88. The molecule has 1 rings (SSSR count). The molecule has 4 nitrogen and oxygen atoms in total. The van der Waals surface area contributed by atoms with Crippen molar-refractivity contribution in [3.05, 3.63) is 28.8 Å². The summed E-state index contributed by atoms with van der Waals surface area (Å²) in [7, 11) is -3.44. The molecule has 1 aromatic carbocycles. The third-order valence-corrected chi connectivity index (χ3v) is 4.92. The first-order valence-electron chi connectivity index (χ1n) is 6.14. The standard InChI is InChI=1S/C13H17ClO4S/c1-2-3-4-5-8-19(17,18)10-6-7-12(14)11(9-10)13(15)16/h6-7,9H,2-5,8H2,1H3,(H,15,16). The Labute approximate surface area is 118 Å². The van der Waals surface area contributed by atoms with E-state index < -0.39 is 15.8 Å². The fourth-order valence-corrected chi connectivity index (χ4v) is 3.29. The Balaban J connectivity index is 2.89. The van der Waals surface area contributed by atoms with Crippen molar-refractivity contribution in [2.45, 2.75) is 37.5 Å². The number of benzene rings is 1. The van der Waals surface area contributed by atoms with Gasteiger partial charge < -0.3 is 5.11 Å². The van der Waals surface area contributed by atoms with E-state index in [4.69, 9.17) is 16.7 Å². The maximum atomic E-state index is 12.0. The third-order valence-electron chi connectivity index (χ3n) is 2.79. The number of carboxylic acid groups (broad SMARTS) is 1. The molecule has 0 heterocycles. The number of halogens is 1. The molecule has 0 aliphatic rings. The first-order valence-corrected chi connectivity index (χ1v) is 8.17. The third kappa shape index (κ3) is 4.51. The summed E-state index contributed by atoms with van der Waals surface area (Å²) in [5.74, 6) is -1.19. The minimum absolute atomic E-state index is 0.0193. The molecule has 0 saturated heterocycles. The molecule has 0 spiro atoms. The van der Waals surface area contributed by atoms with Crippen LogP contribution in [0.25, 0.3) is 0 Å². The van der Waals surface area contributed by atoms with E-state index in [2.05, 4.69) is 0 Å². The lowest BCUT2D eigenvalue weighted by molar-refractivity contribution is 0.0697. The maximum absolute atomic E-state index is 12.0. The molecule has 0 aromatic heterocycles. The van der Waals surface area contributed by atoms with Gasteiger partial charge in [0.1, 0.15) is 0 Å². The highest BCUT2D eigenvalue weighted by molar-refractivity contribution is 7.91. The van der Waals surface area contributed by atoms with Gasteiger partial charge >= 0.3 is 5.97 Å². The van der Waals surface area contributed by atoms with Gasteiger partial charge in [0.2, 0.25) is 0 Å². The van der Waals surface area contributed by atoms with E-state index in [0.717, 1.165) is 25.3 Å². The zero-order valence-electron chi connectivity index (χ0n) is 10.7. The summed E-state index contributed by atoms with van der Waals surface area (Å²) in [6, 6.07) is 3.79. The van der Waals surface area contributed by atoms with Crippen LogP contribution in [0.3, 0.4) is 0 Å². The molecule has 0 bridgehead atoms. The predicted octanol–water partition coefficient (Wildman–Crippen LogP) is 3.39. The Bertz CT molecular complexity index is 552. The zero-order valence-corrected chi connectivity index (χ0v) is 12.3. The Morgan fingerprint density at radius 2 is 1.95 bits per heavy atom. The maximum Gasteiger partial charge on any atom is 0.337 e. The quantitative estimate of drug-likeness (QED) is 0.784. The molecule has 1 aromatic rings. The van der Waals surface area contributed by atoms with E-state index in [0.29, 0.717) is 6.42 Å². The highest BCUT2D eigenvalue weighted by Crippen LogP contribution is 2.22. The van der Waals surface area contributed by atoms with E-state index in [1.54, 1.807) is 0 Å². The fraction of sp³-hybridized carbons (Fsp3) is 0.462. The lowest BCUT2D eigenvalue weighted by Crippen LogP contribution is -2.08. The molecule has 0 aliphatic carbocycles. The normalized spacial score (nSPS) is 11.5. The summed E-state index contributed by atoms with van der Waals surface area (Å²) in [4.78, 5) is 10.9. The highest BCUT2D eigenvalue weighted by atomic mass is 35.5. The van der Waals surface area contributed by atoms with Gasteiger partial charge in [-0.25, -0.2) is 13.2 Å². The van der Waals surface area contributed by atoms with Gasteiger partial charge in [0, 0.05) is 0 Å². The van der Waals surface area contributed by atoms with Crippen molar-refractivity contribution in [2.75, 3.05) is 5.75 Å². The van der Waals surface area contributed by atoms with Crippen molar-refractivity contribution in [2.24, 2.45) is 0 Å². The van der Waals surface area contributed by atoms with Crippen LogP contribution in [0.4, 0.5) is 0 Å². The molecule has 0 saturated carbocycles. The van der Waals surface area contributed by atoms with E-state index in [9.17, 15) is 13.2 Å². The molecular formula is C13H17ClO4S. The number of hydrogen-bond acceptors (Lipinski definition) is 3. The fourth-order valence-electron chi connectivity index (χ4n) is 1.70. The molecule has 0 aliphatic heterocycles. The summed E-state index contributed by atoms with van der Waals surface area (Å²) in [5.41, 5.74) is -0.184. The van der Waals surface area contributed by atoms with Gasteiger partial charge in [-0.2, -0.15) is 0 Å². The smallest absolute Gasteiger partial charge is 0.337 e. The van der Waals surface area contributed by atoms with Gasteiger partial charge in [0.15, 0.2) is 9.84 Å². The molecule has 106 valence electrons. The van der Waals surface area contributed by atoms with Crippen LogP contribution in [-0.2, 0) is 9.84 Å². The predicted molar refractivity (Wildman–Crippen MR) is 74.6 cm³/mol. The van der Waals surface area contributed by atoms with Crippen molar-refractivity contribution < 1.29 is 18.3 Å². The minimum atomic E-state index is -3.44. The van der Waals surface area contributed by atoms with Crippen LogP contribution < -0.4 is 0 Å². The van der Waals surface area contributed by atoms with E-state index >= 15 is 0 Å². The van der Waals surface area contributed by atoms with Crippen LogP contribution in [0.15, 0.2) is 23.1 Å². The van der Waals surface area contributed by atoms with Crippen molar-refractivity contribution in [3.8, 4) is 0 Å². The van der Waals surface area contributed by atoms with Gasteiger partial charge in [0.05, 0.1) is 21.2 Å². The number of aromatic carboxylic acids is 1. The number of hydrogen-bond donors (Lipinski definition) is 1. The van der Waals surface area contributed by atoms with Gasteiger partial charge in [0.25, 0.3) is 0 Å². The van der Waals surface area contributed by atoms with Crippen molar-refractivity contribution >= 4 is 27.4 Å². The molecule has 1 N–H and O–H groups in total. The second-order valence-electron chi connectivity index (χ2n) is 4.33. The number of carbonyl (C=O) groups is 1. The number of unbranched alkanes of at least 4 members (excludes halogenated alkanes) is 3. The molecule has 0 unspecified atom stereocenters. The van der Waals surface area contributed by atoms with Gasteiger partial charge in [-0.05, 0) is 24.6 Å². The zero-order chi connectivity index (χ0) is 14.5. The monoisotopic (exact) mass is 304 g/mol. The molecule has 6 heteroatoms. The second kappa shape index (κ2) is 6.91. The first kappa shape index (κ1) is 16.0. The molecule has 0 amide bonds. The lowest BCUT2D eigenvalue weighted by Gasteiger charge is -2.06. The second-order valence-corrected chi connectivity index (χ2v) is 6.84. The molecule has 0 fully saturated rings. The number of rotatable bonds is 7. The Hall–Kier alpha value is -1.07. The number of sulfone groups is 1. The van der Waals surface area contributed by atoms with Crippen LogP contribution in [-0.4, -0.2) is 25.2 Å². The molecule has 0 atom stereocenters. The number of carboxylic acids is 1. The summed E-state index contributed by atoms with van der Waals surface area (Å²) in [5, 5.41) is 8.96. The van der Waals surface area contributed by atoms with Crippen molar-refractivity contribution in [3.63, 3.8) is 0 Å². The minimum Gasteiger partial charge on any atom is -0.478 e. The average Bonchev–Trinajstić information content (AvgIpc) is 2.34. The molecule has 19 heavy (non-hydrogen) atoms. The Kier molecular flexibility index (Phi) is 5.82. The van der Waals surface area contributed by atoms with Gasteiger partial charge in [-0.3, -0.25) is 0 Å². The lowest BCUT2D eigenvalue weighted by atomic mass is 10.2.